The Labute approximate surface area is 151 Å². The van der Waals surface area contributed by atoms with Gasteiger partial charge in [-0.05, 0) is 44.0 Å². The van der Waals surface area contributed by atoms with Crippen LogP contribution in [0.3, 0.4) is 0 Å². The summed E-state index contributed by atoms with van der Waals surface area (Å²) in [4.78, 5) is 6.82. The number of rotatable bonds is 5. The second-order valence-corrected chi connectivity index (χ2v) is 5.68. The number of halogens is 1. The average molecular weight is 416 g/mol. The van der Waals surface area contributed by atoms with Crippen molar-refractivity contribution in [2.45, 2.75) is 32.7 Å². The molecule has 2 N–H and O–H groups in total. The molecule has 1 aromatic rings. The van der Waals surface area contributed by atoms with Crippen LogP contribution in [0.25, 0.3) is 0 Å². The zero-order chi connectivity index (χ0) is 14.9. The monoisotopic (exact) mass is 416 g/mol. The number of hydrogen-bond acceptors (Lipinski definition) is 2. The SMILES string of the molecule is CN=C(NCCN1CCCCC1)NCc1ccccc1C.I. The summed E-state index contributed by atoms with van der Waals surface area (Å²) in [5.41, 5.74) is 2.63. The molecule has 0 bridgehead atoms. The van der Waals surface area contributed by atoms with Gasteiger partial charge in [-0.2, -0.15) is 0 Å². The molecule has 4 nitrogen and oxygen atoms in total. The number of piperidine rings is 1. The first-order valence-corrected chi connectivity index (χ1v) is 8.01. The van der Waals surface area contributed by atoms with Gasteiger partial charge in [0.05, 0.1) is 0 Å². The van der Waals surface area contributed by atoms with E-state index < -0.39 is 0 Å². The molecule has 0 unspecified atom stereocenters. The number of nitrogens with zero attached hydrogens (tertiary/aromatic N) is 2. The average Bonchev–Trinajstić information content (AvgIpc) is 2.53. The standard InChI is InChI=1S/C17H28N4.HI/c1-15-8-4-5-9-16(15)14-20-17(18-2)19-10-13-21-11-6-3-7-12-21;/h4-5,8-9H,3,6-7,10-14H2,1-2H3,(H2,18,19,20);1H. The highest BCUT2D eigenvalue weighted by molar-refractivity contribution is 14.0. The van der Waals surface area contributed by atoms with E-state index in [0.29, 0.717) is 0 Å². The van der Waals surface area contributed by atoms with Crippen molar-refractivity contribution in [2.75, 3.05) is 33.2 Å². The Hall–Kier alpha value is -0.820. The van der Waals surface area contributed by atoms with Crippen LogP contribution in [0.2, 0.25) is 0 Å². The van der Waals surface area contributed by atoms with Crippen molar-refractivity contribution in [3.63, 3.8) is 0 Å². The first-order valence-electron chi connectivity index (χ1n) is 8.01. The Balaban J connectivity index is 0.00000242. The normalized spacial score (nSPS) is 16.0. The minimum Gasteiger partial charge on any atom is -0.355 e. The lowest BCUT2D eigenvalue weighted by atomic mass is 10.1. The third-order valence-electron chi connectivity index (χ3n) is 4.10. The fourth-order valence-corrected chi connectivity index (χ4v) is 2.72. The summed E-state index contributed by atoms with van der Waals surface area (Å²) >= 11 is 0. The van der Waals surface area contributed by atoms with E-state index in [1.165, 1.54) is 43.5 Å². The zero-order valence-corrected chi connectivity index (χ0v) is 16.1. The smallest absolute Gasteiger partial charge is 0.191 e. The van der Waals surface area contributed by atoms with Crippen molar-refractivity contribution < 1.29 is 0 Å². The van der Waals surface area contributed by atoms with E-state index in [9.17, 15) is 0 Å². The molecule has 0 saturated carbocycles. The van der Waals surface area contributed by atoms with Gasteiger partial charge in [0.15, 0.2) is 5.96 Å². The number of benzene rings is 1. The highest BCUT2D eigenvalue weighted by Crippen LogP contribution is 2.07. The highest BCUT2D eigenvalue weighted by atomic mass is 127. The summed E-state index contributed by atoms with van der Waals surface area (Å²) in [6, 6.07) is 8.45. The van der Waals surface area contributed by atoms with Gasteiger partial charge in [-0.15, -0.1) is 24.0 Å². The molecule has 0 amide bonds. The maximum absolute atomic E-state index is 4.29. The first-order chi connectivity index (χ1) is 10.3. The van der Waals surface area contributed by atoms with E-state index in [-0.39, 0.29) is 24.0 Å². The molecule has 1 aliphatic heterocycles. The van der Waals surface area contributed by atoms with Crippen molar-refractivity contribution in [3.8, 4) is 0 Å². The van der Waals surface area contributed by atoms with E-state index in [1.54, 1.807) is 0 Å². The van der Waals surface area contributed by atoms with E-state index in [4.69, 9.17) is 0 Å². The molecule has 124 valence electrons. The molecule has 0 aliphatic carbocycles. The number of nitrogens with one attached hydrogen (secondary N) is 2. The lowest BCUT2D eigenvalue weighted by Crippen LogP contribution is -2.42. The van der Waals surface area contributed by atoms with E-state index >= 15 is 0 Å². The van der Waals surface area contributed by atoms with Gasteiger partial charge >= 0.3 is 0 Å². The maximum atomic E-state index is 4.29. The summed E-state index contributed by atoms with van der Waals surface area (Å²) in [6.45, 7) is 7.51. The second-order valence-electron chi connectivity index (χ2n) is 5.68. The third kappa shape index (κ3) is 6.52. The number of likely N-dealkylation sites (tertiary alicyclic amines) is 1. The van der Waals surface area contributed by atoms with Crippen LogP contribution < -0.4 is 10.6 Å². The Bertz CT molecular complexity index is 456. The number of hydrogen-bond donors (Lipinski definition) is 2. The van der Waals surface area contributed by atoms with Gasteiger partial charge in [0.2, 0.25) is 0 Å². The Morgan fingerprint density at radius 1 is 1.14 bits per heavy atom. The van der Waals surface area contributed by atoms with E-state index in [2.05, 4.69) is 51.7 Å². The predicted octanol–water partition coefficient (Wildman–Crippen LogP) is 2.76. The quantitative estimate of drug-likeness (QED) is 0.441. The van der Waals surface area contributed by atoms with E-state index in [0.717, 1.165) is 25.6 Å². The number of aryl methyl sites for hydroxylation is 1. The molecule has 2 rings (SSSR count). The van der Waals surface area contributed by atoms with Crippen LogP contribution >= 0.6 is 24.0 Å². The van der Waals surface area contributed by atoms with Crippen molar-refractivity contribution >= 4 is 29.9 Å². The molecule has 5 heteroatoms. The van der Waals surface area contributed by atoms with E-state index in [1.807, 2.05) is 7.05 Å². The molecule has 1 fully saturated rings. The molecule has 1 heterocycles. The summed E-state index contributed by atoms with van der Waals surface area (Å²) in [6.07, 6.45) is 4.09. The van der Waals surface area contributed by atoms with Crippen molar-refractivity contribution in [1.29, 1.82) is 0 Å². The first kappa shape index (κ1) is 19.2. The predicted molar refractivity (Wildman–Crippen MR) is 105 cm³/mol. The molecule has 0 spiro atoms. The van der Waals surface area contributed by atoms with Crippen LogP contribution in [-0.2, 0) is 6.54 Å². The van der Waals surface area contributed by atoms with Crippen LogP contribution in [0.15, 0.2) is 29.3 Å². The molecule has 0 atom stereocenters. The molecule has 0 aromatic heterocycles. The molecule has 0 radical (unpaired) electrons. The van der Waals surface area contributed by atoms with Gasteiger partial charge < -0.3 is 15.5 Å². The van der Waals surface area contributed by atoms with Crippen molar-refractivity contribution in [2.24, 2.45) is 4.99 Å². The van der Waals surface area contributed by atoms with Crippen LogP contribution in [0.5, 0.6) is 0 Å². The molecule has 1 aromatic carbocycles. The second kappa shape index (κ2) is 10.8. The Morgan fingerprint density at radius 2 is 1.86 bits per heavy atom. The van der Waals surface area contributed by atoms with Crippen LogP contribution in [-0.4, -0.2) is 44.1 Å². The van der Waals surface area contributed by atoms with Crippen LogP contribution in [0.4, 0.5) is 0 Å². The lowest BCUT2D eigenvalue weighted by Gasteiger charge is -2.26. The molecular weight excluding hydrogens is 387 g/mol. The van der Waals surface area contributed by atoms with Gasteiger partial charge in [0, 0.05) is 26.7 Å². The van der Waals surface area contributed by atoms with Crippen LogP contribution in [0, 0.1) is 6.92 Å². The number of aliphatic imine (C=N–C) groups is 1. The maximum Gasteiger partial charge on any atom is 0.191 e. The van der Waals surface area contributed by atoms with Gasteiger partial charge in [-0.3, -0.25) is 4.99 Å². The summed E-state index contributed by atoms with van der Waals surface area (Å²) < 4.78 is 0. The van der Waals surface area contributed by atoms with Gasteiger partial charge in [-0.25, -0.2) is 0 Å². The lowest BCUT2D eigenvalue weighted by molar-refractivity contribution is 0.232. The van der Waals surface area contributed by atoms with Gasteiger partial charge in [0.1, 0.15) is 0 Å². The van der Waals surface area contributed by atoms with Crippen molar-refractivity contribution in [1.82, 2.24) is 15.5 Å². The third-order valence-corrected chi connectivity index (χ3v) is 4.10. The highest BCUT2D eigenvalue weighted by Gasteiger charge is 2.09. The molecule has 1 aliphatic rings. The molecular formula is C17H29IN4. The Kier molecular flexibility index (Phi) is 9.47. The molecule has 22 heavy (non-hydrogen) atoms. The molecule has 1 saturated heterocycles. The summed E-state index contributed by atoms with van der Waals surface area (Å²) in [5.74, 6) is 0.885. The van der Waals surface area contributed by atoms with Crippen molar-refractivity contribution in [3.05, 3.63) is 35.4 Å². The largest absolute Gasteiger partial charge is 0.355 e. The fraction of sp³-hybridized carbons (Fsp3) is 0.588. The summed E-state index contributed by atoms with van der Waals surface area (Å²) in [5, 5.41) is 6.79. The van der Waals surface area contributed by atoms with Gasteiger partial charge in [0.25, 0.3) is 0 Å². The topological polar surface area (TPSA) is 39.7 Å². The minimum atomic E-state index is 0. The Morgan fingerprint density at radius 3 is 2.55 bits per heavy atom. The minimum absolute atomic E-state index is 0. The van der Waals surface area contributed by atoms with Gasteiger partial charge in [-0.1, -0.05) is 30.7 Å². The number of guanidine groups is 1. The summed E-state index contributed by atoms with van der Waals surface area (Å²) in [7, 11) is 1.83. The fourth-order valence-electron chi connectivity index (χ4n) is 2.72. The van der Waals surface area contributed by atoms with Crippen LogP contribution in [0.1, 0.15) is 30.4 Å². The zero-order valence-electron chi connectivity index (χ0n) is 13.8.